The SMILES string of the molecule is C=CCO[C@@H]1O[C@@H](C)[C@H](OC2OC[C@@H](OCc3ccccc3)[C@H](OCc3ccccc3)[C@H]2OCc2ccccc2)[C@H]2OC(C)(C)O[C@@H]12. The van der Waals surface area contributed by atoms with Gasteiger partial charge in [-0.25, -0.2) is 0 Å². The highest BCUT2D eigenvalue weighted by Crippen LogP contribution is 2.40. The number of benzene rings is 3. The third-order valence-electron chi connectivity index (χ3n) is 8.50. The van der Waals surface area contributed by atoms with E-state index in [-0.39, 0.29) is 6.61 Å². The van der Waals surface area contributed by atoms with Crippen molar-refractivity contribution >= 4 is 0 Å². The molecular formula is C38H46O9. The number of rotatable bonds is 14. The summed E-state index contributed by atoms with van der Waals surface area (Å²) in [6.07, 6.45) is -3.29. The maximum Gasteiger partial charge on any atom is 0.187 e. The van der Waals surface area contributed by atoms with Crippen molar-refractivity contribution in [1.29, 1.82) is 0 Å². The fourth-order valence-electron chi connectivity index (χ4n) is 6.25. The lowest BCUT2D eigenvalue weighted by Gasteiger charge is -2.46. The van der Waals surface area contributed by atoms with E-state index < -0.39 is 61.1 Å². The average Bonchev–Trinajstić information content (AvgIpc) is 3.43. The van der Waals surface area contributed by atoms with E-state index >= 15 is 0 Å². The van der Waals surface area contributed by atoms with Crippen molar-refractivity contribution in [2.45, 2.75) is 102 Å². The van der Waals surface area contributed by atoms with Crippen molar-refractivity contribution in [2.75, 3.05) is 13.2 Å². The molecule has 3 heterocycles. The summed E-state index contributed by atoms with van der Waals surface area (Å²) in [6.45, 7) is 11.1. The molecule has 6 rings (SSSR count). The predicted octanol–water partition coefficient (Wildman–Crippen LogP) is 5.95. The molecule has 3 aliphatic rings. The summed E-state index contributed by atoms with van der Waals surface area (Å²) >= 11 is 0. The summed E-state index contributed by atoms with van der Waals surface area (Å²) in [5, 5.41) is 0. The zero-order valence-electron chi connectivity index (χ0n) is 27.4. The van der Waals surface area contributed by atoms with Crippen LogP contribution in [0.3, 0.4) is 0 Å². The third-order valence-corrected chi connectivity index (χ3v) is 8.50. The molecule has 0 bridgehead atoms. The van der Waals surface area contributed by atoms with Crippen LogP contribution in [0.25, 0.3) is 0 Å². The Balaban J connectivity index is 1.26. The topological polar surface area (TPSA) is 83.1 Å². The Morgan fingerprint density at radius 1 is 0.681 bits per heavy atom. The highest BCUT2D eigenvalue weighted by Gasteiger charge is 2.57. The first-order valence-corrected chi connectivity index (χ1v) is 16.4. The minimum absolute atomic E-state index is 0.242. The second kappa shape index (κ2) is 16.0. The molecule has 0 saturated carbocycles. The molecule has 0 N–H and O–H groups in total. The minimum Gasteiger partial charge on any atom is -0.368 e. The largest absolute Gasteiger partial charge is 0.368 e. The first-order chi connectivity index (χ1) is 22.9. The fraction of sp³-hybridized carbons (Fsp3) is 0.474. The van der Waals surface area contributed by atoms with E-state index in [2.05, 4.69) is 6.58 Å². The van der Waals surface area contributed by atoms with E-state index in [9.17, 15) is 0 Å². The summed E-state index contributed by atoms with van der Waals surface area (Å²) in [5.41, 5.74) is 3.12. The molecule has 0 aromatic heterocycles. The average molecular weight is 647 g/mol. The van der Waals surface area contributed by atoms with Crippen LogP contribution >= 0.6 is 0 Å². The van der Waals surface area contributed by atoms with Gasteiger partial charge in [0.05, 0.1) is 39.1 Å². The van der Waals surface area contributed by atoms with Crippen molar-refractivity contribution in [3.05, 3.63) is 120 Å². The van der Waals surface area contributed by atoms with Crippen LogP contribution < -0.4 is 0 Å². The lowest BCUT2D eigenvalue weighted by Crippen LogP contribution is -2.62. The molecule has 1 unspecified atom stereocenters. The summed E-state index contributed by atoms with van der Waals surface area (Å²) in [7, 11) is 0. The van der Waals surface area contributed by atoms with Crippen LogP contribution in [0, 0.1) is 0 Å². The number of fused-ring (bicyclic) bond motifs is 1. The molecule has 3 aromatic rings. The Bertz CT molecular complexity index is 1370. The fourth-order valence-corrected chi connectivity index (χ4v) is 6.25. The van der Waals surface area contributed by atoms with Gasteiger partial charge in [0.1, 0.15) is 36.6 Å². The maximum absolute atomic E-state index is 6.81. The van der Waals surface area contributed by atoms with Crippen LogP contribution in [-0.2, 0) is 62.5 Å². The zero-order chi connectivity index (χ0) is 32.6. The molecule has 9 nitrogen and oxygen atoms in total. The number of ether oxygens (including phenoxy) is 9. The first kappa shape index (κ1) is 33.9. The molecule has 0 amide bonds. The van der Waals surface area contributed by atoms with Crippen molar-refractivity contribution in [3.8, 4) is 0 Å². The van der Waals surface area contributed by atoms with E-state index in [0.29, 0.717) is 26.4 Å². The van der Waals surface area contributed by atoms with Crippen LogP contribution in [0.5, 0.6) is 0 Å². The van der Waals surface area contributed by atoms with Gasteiger partial charge in [0.15, 0.2) is 18.4 Å². The Hall–Kier alpha value is -2.96. The molecule has 9 heteroatoms. The Morgan fingerprint density at radius 3 is 1.79 bits per heavy atom. The van der Waals surface area contributed by atoms with E-state index in [1.807, 2.05) is 112 Å². The van der Waals surface area contributed by atoms with Gasteiger partial charge in [-0.3, -0.25) is 0 Å². The Kier molecular flexibility index (Phi) is 11.5. The van der Waals surface area contributed by atoms with Gasteiger partial charge < -0.3 is 42.6 Å². The molecule has 0 spiro atoms. The molecule has 3 aromatic carbocycles. The van der Waals surface area contributed by atoms with Crippen LogP contribution in [0.1, 0.15) is 37.5 Å². The van der Waals surface area contributed by atoms with Crippen molar-refractivity contribution in [1.82, 2.24) is 0 Å². The van der Waals surface area contributed by atoms with Gasteiger partial charge in [-0.2, -0.15) is 0 Å². The molecule has 3 saturated heterocycles. The Labute approximate surface area is 277 Å². The van der Waals surface area contributed by atoms with Crippen LogP contribution in [0.4, 0.5) is 0 Å². The van der Waals surface area contributed by atoms with Crippen LogP contribution in [0.15, 0.2) is 104 Å². The standard InChI is InChI=1S/C38H46O9/c1-5-21-39-37-35-33(46-38(3,4)47-35)31(26(2)44-37)45-36-34(42-24-29-19-13-8-14-20-29)32(41-23-28-17-11-7-12-18-28)30(25-43-36)40-22-27-15-9-6-10-16-27/h5-20,26,30-37H,1,21-25H2,2-4H3/t26-,30+,31-,32-,33+,34+,35+,36?,37+/m0/s1. The molecule has 9 atom stereocenters. The summed E-state index contributed by atoms with van der Waals surface area (Å²) in [6, 6.07) is 30.2. The molecule has 252 valence electrons. The summed E-state index contributed by atoms with van der Waals surface area (Å²) in [5.74, 6) is -0.853. The second-order valence-electron chi connectivity index (χ2n) is 12.6. The van der Waals surface area contributed by atoms with Crippen molar-refractivity contribution in [3.63, 3.8) is 0 Å². The zero-order valence-corrected chi connectivity index (χ0v) is 27.4. The Morgan fingerprint density at radius 2 is 1.21 bits per heavy atom. The van der Waals surface area contributed by atoms with Gasteiger partial charge in [-0.15, -0.1) is 6.58 Å². The molecule has 0 aliphatic carbocycles. The molecular weight excluding hydrogens is 600 g/mol. The summed E-state index contributed by atoms with van der Waals surface area (Å²) in [4.78, 5) is 0. The summed E-state index contributed by atoms with van der Waals surface area (Å²) < 4.78 is 58.0. The van der Waals surface area contributed by atoms with Crippen molar-refractivity contribution < 1.29 is 42.6 Å². The van der Waals surface area contributed by atoms with E-state index in [0.717, 1.165) is 16.7 Å². The monoisotopic (exact) mass is 646 g/mol. The molecule has 47 heavy (non-hydrogen) atoms. The third kappa shape index (κ3) is 8.75. The maximum atomic E-state index is 6.81. The lowest BCUT2D eigenvalue weighted by atomic mass is 9.98. The highest BCUT2D eigenvalue weighted by molar-refractivity contribution is 5.15. The van der Waals surface area contributed by atoms with Gasteiger partial charge in [-0.1, -0.05) is 97.1 Å². The van der Waals surface area contributed by atoms with E-state index in [1.165, 1.54) is 0 Å². The highest BCUT2D eigenvalue weighted by atomic mass is 16.8. The molecule has 3 fully saturated rings. The van der Waals surface area contributed by atoms with Gasteiger partial charge in [0.25, 0.3) is 0 Å². The van der Waals surface area contributed by atoms with E-state index in [1.54, 1.807) is 6.08 Å². The minimum atomic E-state index is -0.853. The van der Waals surface area contributed by atoms with Crippen LogP contribution in [-0.4, -0.2) is 74.3 Å². The lowest BCUT2D eigenvalue weighted by molar-refractivity contribution is -0.342. The number of hydrogen-bond donors (Lipinski definition) is 0. The van der Waals surface area contributed by atoms with Gasteiger partial charge in [0.2, 0.25) is 0 Å². The quantitative estimate of drug-likeness (QED) is 0.197. The molecule has 3 aliphatic heterocycles. The second-order valence-corrected chi connectivity index (χ2v) is 12.6. The first-order valence-electron chi connectivity index (χ1n) is 16.4. The van der Waals surface area contributed by atoms with E-state index in [4.69, 9.17) is 42.6 Å². The van der Waals surface area contributed by atoms with Gasteiger partial charge in [0, 0.05) is 0 Å². The smallest absolute Gasteiger partial charge is 0.187 e. The van der Waals surface area contributed by atoms with Crippen LogP contribution in [0.2, 0.25) is 0 Å². The van der Waals surface area contributed by atoms with Crippen molar-refractivity contribution in [2.24, 2.45) is 0 Å². The van der Waals surface area contributed by atoms with Gasteiger partial charge >= 0.3 is 0 Å². The van der Waals surface area contributed by atoms with Gasteiger partial charge in [-0.05, 0) is 37.5 Å². The predicted molar refractivity (Wildman–Crippen MR) is 174 cm³/mol. The molecule has 0 radical (unpaired) electrons. The normalized spacial score (nSPS) is 31.7. The number of hydrogen-bond acceptors (Lipinski definition) is 9.